The molecule has 0 aliphatic carbocycles. The van der Waals surface area contributed by atoms with E-state index in [4.69, 9.17) is 17.0 Å². The number of rotatable bonds is 4. The van der Waals surface area contributed by atoms with E-state index in [0.717, 1.165) is 29.9 Å². The van der Waals surface area contributed by atoms with Gasteiger partial charge in [0.1, 0.15) is 12.4 Å². The molecule has 0 spiro atoms. The summed E-state index contributed by atoms with van der Waals surface area (Å²) in [7, 11) is 1.96. The lowest BCUT2D eigenvalue weighted by Gasteiger charge is -2.27. The molecule has 0 bridgehead atoms. The molecule has 0 amide bonds. The van der Waals surface area contributed by atoms with Crippen molar-refractivity contribution in [3.05, 3.63) is 46.5 Å². The van der Waals surface area contributed by atoms with Crippen molar-refractivity contribution < 1.29 is 4.74 Å². The van der Waals surface area contributed by atoms with Gasteiger partial charge >= 0.3 is 0 Å². The summed E-state index contributed by atoms with van der Waals surface area (Å²) >= 11 is 5.43. The first-order chi connectivity index (χ1) is 9.79. The van der Waals surface area contributed by atoms with Crippen molar-refractivity contribution in [2.45, 2.75) is 18.9 Å². The van der Waals surface area contributed by atoms with E-state index >= 15 is 0 Å². The van der Waals surface area contributed by atoms with Gasteiger partial charge < -0.3 is 19.6 Å². The summed E-state index contributed by atoms with van der Waals surface area (Å²) in [5.41, 5.74) is 2.49. The molecule has 114 valence electrons. The zero-order valence-electron chi connectivity index (χ0n) is 12.0. The van der Waals surface area contributed by atoms with Crippen molar-refractivity contribution in [1.29, 1.82) is 0 Å². The summed E-state index contributed by atoms with van der Waals surface area (Å²) in [5, 5.41) is 3.18. The number of hydrogen-bond donors (Lipinski definition) is 2. The average Bonchev–Trinajstić information content (AvgIpc) is 2.85. The first-order valence-corrected chi connectivity index (χ1v) is 7.34. The van der Waals surface area contributed by atoms with E-state index in [0.29, 0.717) is 6.61 Å². The molecule has 0 fully saturated rings. The predicted molar refractivity (Wildman–Crippen MR) is 89.2 cm³/mol. The van der Waals surface area contributed by atoms with E-state index in [1.54, 1.807) is 0 Å². The van der Waals surface area contributed by atoms with Crippen LogP contribution in [-0.2, 0) is 12.8 Å². The highest BCUT2D eigenvalue weighted by atomic mass is 35.5. The summed E-state index contributed by atoms with van der Waals surface area (Å²) in [6.45, 7) is 1.62. The Hall–Kier alpha value is -1.30. The highest BCUT2D eigenvalue weighted by molar-refractivity contribution is 7.71. The lowest BCUT2D eigenvalue weighted by Crippen LogP contribution is -2.26. The quantitative estimate of drug-likeness (QED) is 0.849. The van der Waals surface area contributed by atoms with Gasteiger partial charge in [-0.3, -0.25) is 0 Å². The van der Waals surface area contributed by atoms with Crippen molar-refractivity contribution in [3.63, 3.8) is 0 Å². The van der Waals surface area contributed by atoms with E-state index in [1.165, 1.54) is 11.3 Å². The predicted octanol–water partition coefficient (Wildman–Crippen LogP) is 2.91. The second-order valence-electron chi connectivity index (χ2n) is 5.09. The summed E-state index contributed by atoms with van der Waals surface area (Å²) < 4.78 is 8.87. The molecule has 2 N–H and O–H groups in total. The Labute approximate surface area is 135 Å². The van der Waals surface area contributed by atoms with Crippen LogP contribution in [0.4, 0.5) is 0 Å². The SMILES string of the molecule is CNCCc1c[nH]c(=S)n1[C@H]1COc2ccccc2C1.Cl. The minimum atomic E-state index is 0. The minimum Gasteiger partial charge on any atom is -0.491 e. The molecule has 4 nitrogen and oxygen atoms in total. The number of fused-ring (bicyclic) bond motifs is 1. The van der Waals surface area contributed by atoms with Gasteiger partial charge in [0.05, 0.1) is 6.04 Å². The smallest absolute Gasteiger partial charge is 0.177 e. The fourth-order valence-electron chi connectivity index (χ4n) is 2.74. The molecule has 6 heteroatoms. The van der Waals surface area contributed by atoms with Crippen LogP contribution in [0.15, 0.2) is 30.5 Å². The van der Waals surface area contributed by atoms with Crippen LogP contribution < -0.4 is 10.1 Å². The third-order valence-electron chi connectivity index (χ3n) is 3.75. The number of nitrogens with zero attached hydrogens (tertiary/aromatic N) is 1. The first kappa shape index (κ1) is 16.1. The van der Waals surface area contributed by atoms with Crippen LogP contribution in [0.3, 0.4) is 0 Å². The van der Waals surface area contributed by atoms with Gasteiger partial charge in [0.2, 0.25) is 0 Å². The number of hydrogen-bond acceptors (Lipinski definition) is 3. The largest absolute Gasteiger partial charge is 0.491 e. The second-order valence-corrected chi connectivity index (χ2v) is 5.47. The van der Waals surface area contributed by atoms with E-state index in [1.807, 2.05) is 25.4 Å². The van der Waals surface area contributed by atoms with Crippen LogP contribution in [0.1, 0.15) is 17.3 Å². The van der Waals surface area contributed by atoms with Gasteiger partial charge in [0, 0.05) is 31.3 Å². The maximum atomic E-state index is 5.88. The molecule has 21 heavy (non-hydrogen) atoms. The zero-order valence-corrected chi connectivity index (χ0v) is 13.6. The topological polar surface area (TPSA) is 42.0 Å². The molecule has 1 aromatic carbocycles. The van der Waals surface area contributed by atoms with Crippen molar-refractivity contribution in [2.24, 2.45) is 0 Å². The molecule has 1 aromatic heterocycles. The molecular weight excluding hydrogens is 306 g/mol. The van der Waals surface area contributed by atoms with Gasteiger partial charge in [-0.1, -0.05) is 18.2 Å². The Morgan fingerprint density at radius 3 is 3.05 bits per heavy atom. The standard InChI is InChI=1S/C15H19N3OS.ClH/c1-16-7-6-12-9-17-15(20)18(12)13-8-11-4-2-3-5-14(11)19-10-13;/h2-5,9,13,16H,6-8,10H2,1H3,(H,17,20);1H/t13-;/m1./s1. The van der Waals surface area contributed by atoms with Crippen LogP contribution >= 0.6 is 24.6 Å². The molecule has 0 unspecified atom stereocenters. The third kappa shape index (κ3) is 3.31. The molecule has 0 saturated carbocycles. The fraction of sp³-hybridized carbons (Fsp3) is 0.400. The lowest BCUT2D eigenvalue weighted by atomic mass is 10.0. The lowest BCUT2D eigenvalue weighted by molar-refractivity contribution is 0.220. The van der Waals surface area contributed by atoms with Gasteiger partial charge in [-0.15, -0.1) is 12.4 Å². The first-order valence-electron chi connectivity index (χ1n) is 6.93. The van der Waals surface area contributed by atoms with Crippen LogP contribution in [0, 0.1) is 4.77 Å². The highest BCUT2D eigenvalue weighted by Crippen LogP contribution is 2.30. The Morgan fingerprint density at radius 1 is 1.43 bits per heavy atom. The van der Waals surface area contributed by atoms with Crippen LogP contribution in [-0.4, -0.2) is 29.8 Å². The number of benzene rings is 1. The highest BCUT2D eigenvalue weighted by Gasteiger charge is 2.23. The van der Waals surface area contributed by atoms with Crippen molar-refractivity contribution in [3.8, 4) is 5.75 Å². The fourth-order valence-corrected chi connectivity index (χ4v) is 3.06. The number of aromatic nitrogens is 2. The second kappa shape index (κ2) is 7.11. The van der Waals surface area contributed by atoms with Crippen molar-refractivity contribution in [1.82, 2.24) is 14.9 Å². The number of aromatic amines is 1. The number of para-hydroxylation sites is 1. The monoisotopic (exact) mass is 325 g/mol. The van der Waals surface area contributed by atoms with Gasteiger partial charge in [-0.25, -0.2) is 0 Å². The number of H-pyrrole nitrogens is 1. The molecule has 0 radical (unpaired) electrons. The molecule has 1 aliphatic heterocycles. The Balaban J connectivity index is 0.00000161. The van der Waals surface area contributed by atoms with E-state index in [-0.39, 0.29) is 18.4 Å². The average molecular weight is 326 g/mol. The number of imidazole rings is 1. The molecule has 1 aliphatic rings. The summed E-state index contributed by atoms with van der Waals surface area (Å²) in [5.74, 6) is 1.00. The molecule has 3 rings (SSSR count). The molecule has 2 aromatic rings. The third-order valence-corrected chi connectivity index (χ3v) is 4.06. The molecule has 0 saturated heterocycles. The maximum Gasteiger partial charge on any atom is 0.177 e. The van der Waals surface area contributed by atoms with Crippen LogP contribution in [0.25, 0.3) is 0 Å². The van der Waals surface area contributed by atoms with Crippen LogP contribution in [0.5, 0.6) is 5.75 Å². The number of likely N-dealkylation sites (N-methyl/N-ethyl adjacent to an activating group) is 1. The summed E-state index contributed by atoms with van der Waals surface area (Å²) in [6, 6.07) is 8.51. The number of nitrogens with one attached hydrogen (secondary N) is 2. The Kier molecular flexibility index (Phi) is 5.45. The van der Waals surface area contributed by atoms with Gasteiger partial charge in [-0.05, 0) is 30.9 Å². The minimum absolute atomic E-state index is 0. The summed E-state index contributed by atoms with van der Waals surface area (Å²) in [6.07, 6.45) is 3.94. The molecular formula is C15H20ClN3OS. The maximum absolute atomic E-state index is 5.88. The zero-order chi connectivity index (χ0) is 13.9. The Morgan fingerprint density at radius 2 is 2.24 bits per heavy atom. The van der Waals surface area contributed by atoms with Gasteiger partial charge in [0.15, 0.2) is 4.77 Å². The molecule has 2 heterocycles. The molecule has 1 atom stereocenters. The van der Waals surface area contributed by atoms with E-state index in [9.17, 15) is 0 Å². The van der Waals surface area contributed by atoms with E-state index in [2.05, 4.69) is 27.0 Å². The van der Waals surface area contributed by atoms with Crippen molar-refractivity contribution >= 4 is 24.6 Å². The normalized spacial score (nSPS) is 16.7. The number of halogens is 1. The van der Waals surface area contributed by atoms with E-state index < -0.39 is 0 Å². The van der Waals surface area contributed by atoms with Gasteiger partial charge in [-0.2, -0.15) is 0 Å². The van der Waals surface area contributed by atoms with Crippen molar-refractivity contribution in [2.75, 3.05) is 20.2 Å². The Bertz CT molecular complexity index is 652. The summed E-state index contributed by atoms with van der Waals surface area (Å²) in [4.78, 5) is 3.16. The van der Waals surface area contributed by atoms with Gasteiger partial charge in [0.25, 0.3) is 0 Å². The number of ether oxygens (including phenoxy) is 1. The van der Waals surface area contributed by atoms with Crippen LogP contribution in [0.2, 0.25) is 0 Å².